The van der Waals surface area contributed by atoms with Crippen molar-refractivity contribution < 1.29 is 9.47 Å². The van der Waals surface area contributed by atoms with Crippen LogP contribution in [0.5, 0.6) is 5.75 Å². The predicted molar refractivity (Wildman–Crippen MR) is 128 cm³/mol. The summed E-state index contributed by atoms with van der Waals surface area (Å²) in [5.74, 6) is 2.55. The van der Waals surface area contributed by atoms with E-state index in [1.807, 2.05) is 6.07 Å². The zero-order valence-electron chi connectivity index (χ0n) is 19.6. The van der Waals surface area contributed by atoms with Crippen LogP contribution in [0.25, 0.3) is 0 Å². The topological polar surface area (TPSA) is 61.4 Å². The normalized spacial score (nSPS) is 21.2. The highest BCUT2D eigenvalue weighted by molar-refractivity contribution is 5.80. The maximum atomic E-state index is 5.40. The van der Waals surface area contributed by atoms with Gasteiger partial charge >= 0.3 is 0 Å². The Balaban J connectivity index is 1.50. The number of nitrogens with one attached hydrogen (secondary N) is 2. The fourth-order valence-electron chi connectivity index (χ4n) is 4.48. The molecule has 2 heterocycles. The van der Waals surface area contributed by atoms with Crippen molar-refractivity contribution in [3.05, 3.63) is 24.3 Å². The van der Waals surface area contributed by atoms with Crippen LogP contribution in [0.2, 0.25) is 0 Å². The highest BCUT2D eigenvalue weighted by Crippen LogP contribution is 2.24. The van der Waals surface area contributed by atoms with Crippen LogP contribution in [0.1, 0.15) is 32.6 Å². The maximum Gasteiger partial charge on any atom is 0.191 e. The van der Waals surface area contributed by atoms with E-state index < -0.39 is 0 Å². The molecule has 0 bridgehead atoms. The fraction of sp³-hybridized carbons (Fsp3) is 0.708. The summed E-state index contributed by atoms with van der Waals surface area (Å²) in [7, 11) is 3.50. The quantitative estimate of drug-likeness (QED) is 0.463. The van der Waals surface area contributed by atoms with Crippen LogP contribution in [0.4, 0.5) is 5.69 Å². The molecule has 3 rings (SSSR count). The summed E-state index contributed by atoms with van der Waals surface area (Å²) < 4.78 is 10.6. The summed E-state index contributed by atoms with van der Waals surface area (Å²) in [5, 5.41) is 7.15. The molecule has 7 nitrogen and oxygen atoms in total. The molecule has 2 saturated heterocycles. The first-order chi connectivity index (χ1) is 15.2. The van der Waals surface area contributed by atoms with Gasteiger partial charge in [-0.1, -0.05) is 6.07 Å². The van der Waals surface area contributed by atoms with Gasteiger partial charge in [0.2, 0.25) is 0 Å². The van der Waals surface area contributed by atoms with Crippen molar-refractivity contribution in [2.75, 3.05) is 71.5 Å². The summed E-state index contributed by atoms with van der Waals surface area (Å²) in [4.78, 5) is 9.91. The van der Waals surface area contributed by atoms with Crippen molar-refractivity contribution in [3.63, 3.8) is 0 Å². The number of piperidine rings is 2. The van der Waals surface area contributed by atoms with Crippen molar-refractivity contribution in [2.45, 2.75) is 38.6 Å². The zero-order valence-corrected chi connectivity index (χ0v) is 19.6. The molecule has 0 radical (unpaired) electrons. The van der Waals surface area contributed by atoms with Crippen LogP contribution in [0, 0.1) is 5.92 Å². The second-order valence-corrected chi connectivity index (χ2v) is 8.63. The van der Waals surface area contributed by atoms with Gasteiger partial charge in [0.1, 0.15) is 5.75 Å². The molecule has 2 N–H and O–H groups in total. The Morgan fingerprint density at radius 2 is 2.00 bits per heavy atom. The number of benzene rings is 1. The summed E-state index contributed by atoms with van der Waals surface area (Å²) in [6.45, 7) is 10.2. The van der Waals surface area contributed by atoms with Crippen molar-refractivity contribution in [2.24, 2.45) is 10.9 Å². The molecular formula is C24H41N5O2. The maximum absolute atomic E-state index is 5.40. The second kappa shape index (κ2) is 12.8. The number of likely N-dealkylation sites (tertiary alicyclic amines) is 1. The summed E-state index contributed by atoms with van der Waals surface area (Å²) in [5.41, 5.74) is 1.23. The molecule has 0 aromatic heterocycles. The SMILES string of the molecule is CCNC(=NCC1CCN(CCOC)CC1)NC1CCCN(c2cccc(OC)c2)C1. The molecular weight excluding hydrogens is 390 g/mol. The number of methoxy groups -OCH3 is 2. The van der Waals surface area contributed by atoms with Crippen molar-refractivity contribution in [1.82, 2.24) is 15.5 Å². The van der Waals surface area contributed by atoms with E-state index in [1.165, 1.54) is 31.4 Å². The van der Waals surface area contributed by atoms with E-state index >= 15 is 0 Å². The highest BCUT2D eigenvalue weighted by atomic mass is 16.5. The lowest BCUT2D eigenvalue weighted by Gasteiger charge is -2.35. The smallest absolute Gasteiger partial charge is 0.191 e. The van der Waals surface area contributed by atoms with Gasteiger partial charge in [0.15, 0.2) is 5.96 Å². The third-order valence-electron chi connectivity index (χ3n) is 6.35. The van der Waals surface area contributed by atoms with E-state index in [0.717, 1.165) is 64.1 Å². The molecule has 1 aromatic carbocycles. The Kier molecular flexibility index (Phi) is 9.75. The fourth-order valence-corrected chi connectivity index (χ4v) is 4.48. The molecule has 174 valence electrons. The van der Waals surface area contributed by atoms with Gasteiger partial charge in [0.05, 0.1) is 13.7 Å². The summed E-state index contributed by atoms with van der Waals surface area (Å²) in [6.07, 6.45) is 4.79. The molecule has 0 aliphatic carbocycles. The average molecular weight is 432 g/mol. The molecule has 2 fully saturated rings. The Morgan fingerprint density at radius 3 is 2.74 bits per heavy atom. The van der Waals surface area contributed by atoms with E-state index in [-0.39, 0.29) is 0 Å². The number of aliphatic imine (C=N–C) groups is 1. The van der Waals surface area contributed by atoms with Crippen LogP contribution in [0.15, 0.2) is 29.3 Å². The van der Waals surface area contributed by atoms with Crippen LogP contribution in [0.3, 0.4) is 0 Å². The van der Waals surface area contributed by atoms with Gasteiger partial charge in [0, 0.05) is 57.6 Å². The lowest BCUT2D eigenvalue weighted by Crippen LogP contribution is -2.51. The number of rotatable bonds is 9. The minimum atomic E-state index is 0.397. The highest BCUT2D eigenvalue weighted by Gasteiger charge is 2.22. The van der Waals surface area contributed by atoms with Crippen molar-refractivity contribution >= 4 is 11.6 Å². The number of nitrogens with zero attached hydrogens (tertiary/aromatic N) is 3. The first-order valence-corrected chi connectivity index (χ1v) is 11.9. The molecule has 0 saturated carbocycles. The first-order valence-electron chi connectivity index (χ1n) is 11.9. The van der Waals surface area contributed by atoms with Gasteiger partial charge < -0.3 is 29.9 Å². The number of ether oxygens (including phenoxy) is 2. The summed E-state index contributed by atoms with van der Waals surface area (Å²) >= 11 is 0. The first kappa shape index (κ1) is 23.7. The van der Waals surface area contributed by atoms with E-state index in [0.29, 0.717) is 12.0 Å². The van der Waals surface area contributed by atoms with Gasteiger partial charge in [-0.2, -0.15) is 0 Å². The molecule has 31 heavy (non-hydrogen) atoms. The molecule has 1 aromatic rings. The van der Waals surface area contributed by atoms with Crippen molar-refractivity contribution in [1.29, 1.82) is 0 Å². The molecule has 1 unspecified atom stereocenters. The number of anilines is 1. The lowest BCUT2D eigenvalue weighted by molar-refractivity contribution is 0.121. The molecule has 2 aliphatic rings. The summed E-state index contributed by atoms with van der Waals surface area (Å²) in [6, 6.07) is 8.76. The predicted octanol–water partition coefficient (Wildman–Crippen LogP) is 2.58. The van der Waals surface area contributed by atoms with Crippen LogP contribution in [-0.2, 0) is 4.74 Å². The largest absolute Gasteiger partial charge is 0.497 e. The minimum Gasteiger partial charge on any atom is -0.497 e. The van der Waals surface area contributed by atoms with Gasteiger partial charge in [0.25, 0.3) is 0 Å². The van der Waals surface area contributed by atoms with Crippen LogP contribution >= 0.6 is 0 Å². The van der Waals surface area contributed by atoms with Gasteiger partial charge in [-0.3, -0.25) is 4.99 Å². The third-order valence-corrected chi connectivity index (χ3v) is 6.35. The average Bonchev–Trinajstić information content (AvgIpc) is 2.82. The number of hydrogen-bond donors (Lipinski definition) is 2. The Labute approximate surface area is 188 Å². The van der Waals surface area contributed by atoms with E-state index in [4.69, 9.17) is 14.5 Å². The second-order valence-electron chi connectivity index (χ2n) is 8.63. The zero-order chi connectivity index (χ0) is 21.9. The van der Waals surface area contributed by atoms with Crippen LogP contribution in [-0.4, -0.2) is 83.5 Å². The Hall–Kier alpha value is -1.99. The van der Waals surface area contributed by atoms with E-state index in [2.05, 4.69) is 45.6 Å². The monoisotopic (exact) mass is 431 g/mol. The Morgan fingerprint density at radius 1 is 1.16 bits per heavy atom. The number of guanidine groups is 1. The lowest BCUT2D eigenvalue weighted by atomic mass is 9.97. The Bertz CT molecular complexity index is 676. The van der Waals surface area contributed by atoms with Crippen LogP contribution < -0.4 is 20.3 Å². The van der Waals surface area contributed by atoms with E-state index in [1.54, 1.807) is 14.2 Å². The molecule has 2 aliphatic heterocycles. The third kappa shape index (κ3) is 7.58. The van der Waals surface area contributed by atoms with E-state index in [9.17, 15) is 0 Å². The minimum absolute atomic E-state index is 0.397. The van der Waals surface area contributed by atoms with Crippen molar-refractivity contribution in [3.8, 4) is 5.75 Å². The molecule has 0 spiro atoms. The van der Waals surface area contributed by atoms with Gasteiger partial charge in [-0.15, -0.1) is 0 Å². The van der Waals surface area contributed by atoms with Gasteiger partial charge in [-0.25, -0.2) is 0 Å². The number of hydrogen-bond acceptors (Lipinski definition) is 5. The molecule has 1 atom stereocenters. The van der Waals surface area contributed by atoms with Gasteiger partial charge in [-0.05, 0) is 63.7 Å². The molecule has 0 amide bonds. The molecule has 7 heteroatoms. The standard InChI is InChI=1S/C24H41N5O2/c1-4-25-24(26-18-20-10-13-28(14-11-20)15-16-30-2)27-21-7-6-12-29(19-21)22-8-5-9-23(17-22)31-3/h5,8-9,17,20-21H,4,6-7,10-16,18-19H2,1-3H3,(H2,25,26,27).